The van der Waals surface area contributed by atoms with Crippen molar-refractivity contribution >= 4 is 0 Å². The third-order valence-corrected chi connectivity index (χ3v) is 2.68. The molecule has 0 unspecified atom stereocenters. The van der Waals surface area contributed by atoms with E-state index in [0.717, 1.165) is 13.0 Å². The molecule has 0 amide bonds. The lowest BCUT2D eigenvalue weighted by molar-refractivity contribution is 0.251. The predicted octanol–water partition coefficient (Wildman–Crippen LogP) is 1.90. The Balaban J connectivity index is 2.07. The van der Waals surface area contributed by atoms with Gasteiger partial charge in [0.1, 0.15) is 24.5 Å². The van der Waals surface area contributed by atoms with Crippen molar-refractivity contribution in [3.05, 3.63) is 41.7 Å². The van der Waals surface area contributed by atoms with Crippen molar-refractivity contribution in [3.63, 3.8) is 0 Å². The zero-order valence-corrected chi connectivity index (χ0v) is 10.7. The van der Waals surface area contributed by atoms with Gasteiger partial charge < -0.3 is 9.84 Å². The summed E-state index contributed by atoms with van der Waals surface area (Å²) < 4.78 is 20.3. The number of nitrogens with zero attached hydrogens (tertiary/aromatic N) is 3. The van der Waals surface area contributed by atoms with Gasteiger partial charge in [-0.3, -0.25) is 0 Å². The Morgan fingerprint density at radius 3 is 3.00 bits per heavy atom. The summed E-state index contributed by atoms with van der Waals surface area (Å²) in [5, 5.41) is 13.3. The first-order valence-corrected chi connectivity index (χ1v) is 6.13. The number of hydrogen-bond acceptors (Lipinski definition) is 4. The van der Waals surface area contributed by atoms with E-state index in [-0.39, 0.29) is 13.2 Å². The van der Waals surface area contributed by atoms with Gasteiger partial charge in [0.05, 0.1) is 6.61 Å². The van der Waals surface area contributed by atoms with Crippen LogP contribution in [0, 0.1) is 5.82 Å². The number of hydrogen-bond donors (Lipinski definition) is 1. The zero-order valence-electron chi connectivity index (χ0n) is 10.7. The SMILES string of the molecule is CCCn1ncnc1COc1ccc(F)cc1CO. The second-order valence-corrected chi connectivity index (χ2v) is 4.10. The Morgan fingerprint density at radius 1 is 1.42 bits per heavy atom. The smallest absolute Gasteiger partial charge is 0.164 e. The van der Waals surface area contributed by atoms with Gasteiger partial charge in [-0.1, -0.05) is 6.92 Å². The molecule has 0 fully saturated rings. The molecule has 0 bridgehead atoms. The largest absolute Gasteiger partial charge is 0.485 e. The van der Waals surface area contributed by atoms with Gasteiger partial charge >= 0.3 is 0 Å². The molecule has 2 aromatic rings. The van der Waals surface area contributed by atoms with Crippen LogP contribution in [0.5, 0.6) is 5.75 Å². The molecule has 5 nitrogen and oxygen atoms in total. The van der Waals surface area contributed by atoms with E-state index in [9.17, 15) is 4.39 Å². The molecule has 0 spiro atoms. The van der Waals surface area contributed by atoms with E-state index in [4.69, 9.17) is 9.84 Å². The molecule has 0 saturated carbocycles. The third-order valence-electron chi connectivity index (χ3n) is 2.68. The van der Waals surface area contributed by atoms with Crippen LogP contribution in [0.3, 0.4) is 0 Å². The second kappa shape index (κ2) is 6.29. The summed E-state index contributed by atoms with van der Waals surface area (Å²) in [5.41, 5.74) is 0.418. The molecule has 0 radical (unpaired) electrons. The van der Waals surface area contributed by atoms with E-state index >= 15 is 0 Å². The minimum atomic E-state index is -0.398. The van der Waals surface area contributed by atoms with Crippen molar-refractivity contribution in [2.75, 3.05) is 0 Å². The first-order chi connectivity index (χ1) is 9.24. The number of halogens is 1. The van der Waals surface area contributed by atoms with E-state index in [2.05, 4.69) is 17.0 Å². The van der Waals surface area contributed by atoms with Crippen molar-refractivity contribution in [1.82, 2.24) is 14.8 Å². The molecule has 0 aliphatic carbocycles. The molecule has 1 aromatic carbocycles. The number of aliphatic hydroxyl groups excluding tert-OH is 1. The van der Waals surface area contributed by atoms with Crippen molar-refractivity contribution in [2.24, 2.45) is 0 Å². The van der Waals surface area contributed by atoms with Crippen molar-refractivity contribution in [2.45, 2.75) is 33.1 Å². The van der Waals surface area contributed by atoms with Crippen molar-refractivity contribution < 1.29 is 14.2 Å². The van der Waals surface area contributed by atoms with Gasteiger partial charge in [0.2, 0.25) is 0 Å². The van der Waals surface area contributed by atoms with Gasteiger partial charge in [-0.25, -0.2) is 14.1 Å². The Labute approximate surface area is 110 Å². The van der Waals surface area contributed by atoms with Gasteiger partial charge in [0.25, 0.3) is 0 Å². The Kier molecular flexibility index (Phi) is 4.46. The standard InChI is InChI=1S/C13H16FN3O2/c1-2-5-17-13(15-9-16-17)8-19-12-4-3-11(14)6-10(12)7-18/h3-4,6,9,18H,2,5,7-8H2,1H3. The van der Waals surface area contributed by atoms with E-state index in [1.807, 2.05) is 0 Å². The monoisotopic (exact) mass is 265 g/mol. The summed E-state index contributed by atoms with van der Waals surface area (Å²) in [6, 6.07) is 4.05. The zero-order chi connectivity index (χ0) is 13.7. The lowest BCUT2D eigenvalue weighted by Gasteiger charge is -2.10. The molecule has 19 heavy (non-hydrogen) atoms. The normalized spacial score (nSPS) is 10.7. The third kappa shape index (κ3) is 3.29. The second-order valence-electron chi connectivity index (χ2n) is 4.10. The molecule has 6 heteroatoms. The van der Waals surface area contributed by atoms with Gasteiger partial charge in [0, 0.05) is 12.1 Å². The van der Waals surface area contributed by atoms with Crippen LogP contribution >= 0.6 is 0 Å². The fraction of sp³-hybridized carbons (Fsp3) is 0.385. The number of aliphatic hydroxyl groups is 1. The van der Waals surface area contributed by atoms with Gasteiger partial charge in [-0.05, 0) is 24.6 Å². The summed E-state index contributed by atoms with van der Waals surface area (Å²) >= 11 is 0. The number of ether oxygens (including phenoxy) is 1. The minimum absolute atomic E-state index is 0.235. The highest BCUT2D eigenvalue weighted by molar-refractivity contribution is 5.33. The molecule has 0 aliphatic rings. The molecular weight excluding hydrogens is 249 g/mol. The van der Waals surface area contributed by atoms with Crippen LogP contribution in [0.1, 0.15) is 24.7 Å². The topological polar surface area (TPSA) is 60.2 Å². The van der Waals surface area contributed by atoms with Crippen molar-refractivity contribution in [3.8, 4) is 5.75 Å². The number of aromatic nitrogens is 3. The molecule has 0 aliphatic heterocycles. The quantitative estimate of drug-likeness (QED) is 0.866. The molecule has 102 valence electrons. The fourth-order valence-electron chi connectivity index (χ4n) is 1.75. The van der Waals surface area contributed by atoms with Crippen LogP contribution in [-0.4, -0.2) is 19.9 Å². The van der Waals surface area contributed by atoms with Gasteiger partial charge in [-0.2, -0.15) is 5.10 Å². The van der Waals surface area contributed by atoms with Crippen LogP contribution in [0.2, 0.25) is 0 Å². The maximum atomic E-state index is 13.0. The maximum absolute atomic E-state index is 13.0. The maximum Gasteiger partial charge on any atom is 0.164 e. The van der Waals surface area contributed by atoms with E-state index in [0.29, 0.717) is 17.1 Å². The summed E-state index contributed by atoms with van der Waals surface area (Å²) in [7, 11) is 0. The molecule has 0 saturated heterocycles. The summed E-state index contributed by atoms with van der Waals surface area (Å²) in [4.78, 5) is 4.11. The molecule has 1 N–H and O–H groups in total. The number of benzene rings is 1. The van der Waals surface area contributed by atoms with Crippen LogP contribution in [0.15, 0.2) is 24.5 Å². The van der Waals surface area contributed by atoms with Gasteiger partial charge in [0.15, 0.2) is 5.82 Å². The van der Waals surface area contributed by atoms with Crippen LogP contribution in [0.4, 0.5) is 4.39 Å². The minimum Gasteiger partial charge on any atom is -0.485 e. The average Bonchev–Trinajstić information content (AvgIpc) is 2.85. The first-order valence-electron chi connectivity index (χ1n) is 6.13. The van der Waals surface area contributed by atoms with Crippen LogP contribution < -0.4 is 4.74 Å². The molecule has 2 rings (SSSR count). The number of aryl methyl sites for hydroxylation is 1. The highest BCUT2D eigenvalue weighted by atomic mass is 19.1. The number of rotatable bonds is 6. The van der Waals surface area contributed by atoms with E-state index < -0.39 is 5.82 Å². The predicted molar refractivity (Wildman–Crippen MR) is 67.0 cm³/mol. The first kappa shape index (κ1) is 13.5. The Bertz CT molecular complexity index is 542. The summed E-state index contributed by atoms with van der Waals surface area (Å²) in [5.74, 6) is 0.760. The average molecular weight is 265 g/mol. The lowest BCUT2D eigenvalue weighted by Crippen LogP contribution is -2.09. The van der Waals surface area contributed by atoms with Crippen molar-refractivity contribution in [1.29, 1.82) is 0 Å². The fourth-order valence-corrected chi connectivity index (χ4v) is 1.75. The Morgan fingerprint density at radius 2 is 2.26 bits per heavy atom. The molecule has 1 aromatic heterocycles. The molecule has 1 heterocycles. The van der Waals surface area contributed by atoms with Crippen LogP contribution in [-0.2, 0) is 19.8 Å². The van der Waals surface area contributed by atoms with Gasteiger partial charge in [-0.15, -0.1) is 0 Å². The highest BCUT2D eigenvalue weighted by Gasteiger charge is 2.08. The molecule has 0 atom stereocenters. The highest BCUT2D eigenvalue weighted by Crippen LogP contribution is 2.20. The van der Waals surface area contributed by atoms with E-state index in [1.54, 1.807) is 4.68 Å². The van der Waals surface area contributed by atoms with Crippen LogP contribution in [0.25, 0.3) is 0 Å². The Hall–Kier alpha value is -1.95. The van der Waals surface area contributed by atoms with E-state index in [1.165, 1.54) is 24.5 Å². The lowest BCUT2D eigenvalue weighted by atomic mass is 10.2. The summed E-state index contributed by atoms with van der Waals surface area (Å²) in [6.45, 7) is 2.79. The molecular formula is C13H16FN3O2. The summed E-state index contributed by atoms with van der Waals surface area (Å²) in [6.07, 6.45) is 2.43.